The fourth-order valence-corrected chi connectivity index (χ4v) is 2.83. The van der Waals surface area contributed by atoms with Crippen LogP contribution in [0.5, 0.6) is 0 Å². The van der Waals surface area contributed by atoms with E-state index in [1.807, 2.05) is 64.1 Å². The molecule has 0 atom stereocenters. The third kappa shape index (κ3) is 3.10. The minimum absolute atomic E-state index is 0.0720. The molecule has 2 aromatic carbocycles. The number of benzene rings is 2. The highest BCUT2D eigenvalue weighted by Gasteiger charge is 2.19. The average Bonchev–Trinajstić information content (AvgIpc) is 2.38. The molecular formula is C19H20O2. The van der Waals surface area contributed by atoms with E-state index in [1.165, 1.54) is 0 Å². The first kappa shape index (κ1) is 15.2. The highest BCUT2D eigenvalue weighted by Crippen LogP contribution is 2.20. The molecule has 0 spiro atoms. The summed E-state index contributed by atoms with van der Waals surface area (Å²) in [5.41, 5.74) is 5.06. The van der Waals surface area contributed by atoms with Crippen molar-refractivity contribution in [3.05, 3.63) is 69.8 Å². The summed E-state index contributed by atoms with van der Waals surface area (Å²) in [5.74, 6) is -0.198. The van der Waals surface area contributed by atoms with Gasteiger partial charge in [0.05, 0.1) is 6.42 Å². The largest absolute Gasteiger partial charge is 0.294 e. The molecule has 0 radical (unpaired) electrons. The Bertz CT molecular complexity index is 610. The van der Waals surface area contributed by atoms with Crippen molar-refractivity contribution in [2.45, 2.75) is 34.1 Å². The molecule has 0 saturated carbocycles. The lowest BCUT2D eigenvalue weighted by Crippen LogP contribution is -2.13. The first-order chi connectivity index (χ1) is 9.91. The fraction of sp³-hybridized carbons (Fsp3) is 0.263. The van der Waals surface area contributed by atoms with Crippen molar-refractivity contribution in [1.29, 1.82) is 0 Å². The van der Waals surface area contributed by atoms with Crippen LogP contribution in [0.25, 0.3) is 0 Å². The van der Waals surface area contributed by atoms with Crippen LogP contribution in [0, 0.1) is 27.7 Å². The van der Waals surface area contributed by atoms with Crippen LogP contribution in [0.15, 0.2) is 36.4 Å². The quantitative estimate of drug-likeness (QED) is 0.615. The van der Waals surface area contributed by atoms with E-state index in [2.05, 4.69) is 0 Å². The molecule has 2 nitrogen and oxygen atoms in total. The standard InChI is InChI=1S/C19H20O2/c1-12-7-5-8-13(2)18(12)16(20)11-17(21)19-14(3)9-6-10-15(19)4/h5-10H,11H2,1-4H3. The summed E-state index contributed by atoms with van der Waals surface area (Å²) in [5, 5.41) is 0. The third-order valence-electron chi connectivity index (χ3n) is 3.84. The maximum atomic E-state index is 12.5. The van der Waals surface area contributed by atoms with Crippen LogP contribution in [-0.2, 0) is 0 Å². The summed E-state index contributed by atoms with van der Waals surface area (Å²) < 4.78 is 0. The Kier molecular flexibility index (Phi) is 4.37. The molecule has 0 fully saturated rings. The molecule has 0 unspecified atom stereocenters. The number of ketones is 2. The first-order valence-corrected chi connectivity index (χ1v) is 7.10. The van der Waals surface area contributed by atoms with E-state index in [-0.39, 0.29) is 18.0 Å². The number of aryl methyl sites for hydroxylation is 4. The minimum atomic E-state index is -0.0988. The molecule has 2 aromatic rings. The zero-order chi connectivity index (χ0) is 15.6. The molecule has 0 aliphatic carbocycles. The molecule has 2 heteroatoms. The lowest BCUT2D eigenvalue weighted by Gasteiger charge is -2.10. The molecule has 0 N–H and O–H groups in total. The number of carbonyl (C=O) groups excluding carboxylic acids is 2. The molecular weight excluding hydrogens is 260 g/mol. The maximum Gasteiger partial charge on any atom is 0.171 e. The number of Topliss-reactive ketones (excluding diaryl/α,β-unsaturated/α-hetero) is 2. The lowest BCUT2D eigenvalue weighted by molar-refractivity contribution is 0.0893. The van der Waals surface area contributed by atoms with E-state index in [0.717, 1.165) is 22.3 Å². The van der Waals surface area contributed by atoms with Crippen molar-refractivity contribution < 1.29 is 9.59 Å². The van der Waals surface area contributed by atoms with Crippen LogP contribution in [0.2, 0.25) is 0 Å². The van der Waals surface area contributed by atoms with Crippen LogP contribution in [0.1, 0.15) is 49.4 Å². The van der Waals surface area contributed by atoms with E-state index in [1.54, 1.807) is 0 Å². The zero-order valence-electron chi connectivity index (χ0n) is 13.0. The van der Waals surface area contributed by atoms with Gasteiger partial charge in [-0.2, -0.15) is 0 Å². The minimum Gasteiger partial charge on any atom is -0.294 e. The molecule has 0 bridgehead atoms. The SMILES string of the molecule is Cc1cccc(C)c1C(=O)CC(=O)c1c(C)cccc1C. The van der Waals surface area contributed by atoms with Crippen molar-refractivity contribution in [3.8, 4) is 0 Å². The molecule has 21 heavy (non-hydrogen) atoms. The van der Waals surface area contributed by atoms with Gasteiger partial charge < -0.3 is 0 Å². The van der Waals surface area contributed by atoms with Gasteiger partial charge in [-0.3, -0.25) is 9.59 Å². The van der Waals surface area contributed by atoms with Crippen LogP contribution < -0.4 is 0 Å². The summed E-state index contributed by atoms with van der Waals surface area (Å²) in [6.07, 6.45) is -0.0720. The predicted molar refractivity (Wildman–Crippen MR) is 85.1 cm³/mol. The topological polar surface area (TPSA) is 34.1 Å². The maximum absolute atomic E-state index is 12.5. The van der Waals surface area contributed by atoms with Gasteiger partial charge in [-0.05, 0) is 49.9 Å². The second-order valence-corrected chi connectivity index (χ2v) is 5.56. The van der Waals surface area contributed by atoms with E-state index >= 15 is 0 Å². The van der Waals surface area contributed by atoms with Crippen molar-refractivity contribution in [3.63, 3.8) is 0 Å². The van der Waals surface area contributed by atoms with Gasteiger partial charge in [-0.25, -0.2) is 0 Å². The zero-order valence-corrected chi connectivity index (χ0v) is 13.0. The smallest absolute Gasteiger partial charge is 0.171 e. The summed E-state index contributed by atoms with van der Waals surface area (Å²) >= 11 is 0. The highest BCUT2D eigenvalue weighted by molar-refractivity contribution is 6.15. The molecule has 0 aromatic heterocycles. The van der Waals surface area contributed by atoms with E-state index in [9.17, 15) is 9.59 Å². The number of carbonyl (C=O) groups is 2. The van der Waals surface area contributed by atoms with Crippen molar-refractivity contribution in [2.24, 2.45) is 0 Å². The van der Waals surface area contributed by atoms with Gasteiger partial charge in [-0.1, -0.05) is 36.4 Å². The van der Waals surface area contributed by atoms with Gasteiger partial charge >= 0.3 is 0 Å². The fourth-order valence-electron chi connectivity index (χ4n) is 2.83. The van der Waals surface area contributed by atoms with Crippen LogP contribution >= 0.6 is 0 Å². The Morgan fingerprint density at radius 3 is 1.24 bits per heavy atom. The van der Waals surface area contributed by atoms with Gasteiger partial charge in [-0.15, -0.1) is 0 Å². The normalized spacial score (nSPS) is 10.5. The molecule has 108 valence electrons. The Balaban J connectivity index is 2.30. The van der Waals surface area contributed by atoms with Crippen molar-refractivity contribution >= 4 is 11.6 Å². The second kappa shape index (κ2) is 6.04. The molecule has 0 saturated heterocycles. The first-order valence-electron chi connectivity index (χ1n) is 7.10. The molecule has 0 aliphatic rings. The van der Waals surface area contributed by atoms with E-state index in [4.69, 9.17) is 0 Å². The summed E-state index contributed by atoms with van der Waals surface area (Å²) in [6, 6.07) is 11.5. The Morgan fingerprint density at radius 2 is 0.952 bits per heavy atom. The summed E-state index contributed by atoms with van der Waals surface area (Å²) in [7, 11) is 0. The second-order valence-electron chi connectivity index (χ2n) is 5.56. The van der Waals surface area contributed by atoms with Gasteiger partial charge in [0.25, 0.3) is 0 Å². The van der Waals surface area contributed by atoms with Gasteiger partial charge in [0.1, 0.15) is 0 Å². The highest BCUT2D eigenvalue weighted by atomic mass is 16.1. The average molecular weight is 280 g/mol. The number of rotatable bonds is 4. The van der Waals surface area contributed by atoms with Crippen LogP contribution in [0.4, 0.5) is 0 Å². The molecule has 0 heterocycles. The Morgan fingerprint density at radius 1 is 0.667 bits per heavy atom. The lowest BCUT2D eigenvalue weighted by atomic mass is 9.92. The predicted octanol–water partition coefficient (Wildman–Crippen LogP) is 4.38. The Hall–Kier alpha value is -2.22. The van der Waals surface area contributed by atoms with Crippen LogP contribution in [0.3, 0.4) is 0 Å². The van der Waals surface area contributed by atoms with Crippen molar-refractivity contribution in [1.82, 2.24) is 0 Å². The van der Waals surface area contributed by atoms with Gasteiger partial charge in [0, 0.05) is 11.1 Å². The molecule has 0 amide bonds. The van der Waals surface area contributed by atoms with Gasteiger partial charge in [0.2, 0.25) is 0 Å². The Labute approximate surface area is 125 Å². The summed E-state index contributed by atoms with van der Waals surface area (Å²) in [4.78, 5) is 24.9. The van der Waals surface area contributed by atoms with E-state index in [0.29, 0.717) is 11.1 Å². The van der Waals surface area contributed by atoms with Crippen molar-refractivity contribution in [2.75, 3.05) is 0 Å². The third-order valence-corrected chi connectivity index (χ3v) is 3.84. The molecule has 2 rings (SSSR count). The van der Waals surface area contributed by atoms with Gasteiger partial charge in [0.15, 0.2) is 11.6 Å². The number of hydrogen-bond donors (Lipinski definition) is 0. The van der Waals surface area contributed by atoms with E-state index < -0.39 is 0 Å². The monoisotopic (exact) mass is 280 g/mol. The molecule has 0 aliphatic heterocycles. The van der Waals surface area contributed by atoms with Crippen LogP contribution in [-0.4, -0.2) is 11.6 Å². The summed E-state index contributed by atoms with van der Waals surface area (Å²) in [6.45, 7) is 7.63. The number of hydrogen-bond acceptors (Lipinski definition) is 2.